The highest BCUT2D eigenvalue weighted by atomic mass is 16.7. The first-order chi connectivity index (χ1) is 16.0. The van der Waals surface area contributed by atoms with Crippen LogP contribution in [0.2, 0.25) is 0 Å². The Hall–Kier alpha value is -4.17. The molecule has 33 heavy (non-hydrogen) atoms. The van der Waals surface area contributed by atoms with E-state index in [9.17, 15) is 14.4 Å². The lowest BCUT2D eigenvalue weighted by atomic mass is 9.99. The van der Waals surface area contributed by atoms with Crippen molar-refractivity contribution in [1.29, 1.82) is 0 Å². The molecule has 0 saturated heterocycles. The summed E-state index contributed by atoms with van der Waals surface area (Å²) in [6.45, 7) is 0.657. The van der Waals surface area contributed by atoms with E-state index in [4.69, 9.17) is 14.6 Å². The first kappa shape index (κ1) is 22.0. The lowest BCUT2D eigenvalue weighted by Crippen LogP contribution is -2.23. The maximum atomic E-state index is 13.0. The van der Waals surface area contributed by atoms with E-state index < -0.39 is 5.97 Å². The number of amides is 1. The van der Waals surface area contributed by atoms with Crippen LogP contribution in [-0.2, 0) is 17.9 Å². The molecule has 1 aliphatic rings. The van der Waals surface area contributed by atoms with E-state index in [1.165, 1.54) is 0 Å². The highest BCUT2D eigenvalue weighted by molar-refractivity contribution is 6.10. The van der Waals surface area contributed by atoms with E-state index in [1.54, 1.807) is 48.5 Å². The van der Waals surface area contributed by atoms with Crippen LogP contribution in [0.1, 0.15) is 37.4 Å². The summed E-state index contributed by atoms with van der Waals surface area (Å²) < 4.78 is 10.6. The van der Waals surface area contributed by atoms with E-state index in [0.717, 1.165) is 11.1 Å². The third kappa shape index (κ3) is 5.55. The zero-order valence-electron chi connectivity index (χ0n) is 17.7. The van der Waals surface area contributed by atoms with Crippen molar-refractivity contribution in [2.75, 3.05) is 13.3 Å². The number of rotatable bonds is 9. The van der Waals surface area contributed by atoms with Crippen molar-refractivity contribution >= 4 is 17.7 Å². The van der Waals surface area contributed by atoms with Crippen LogP contribution in [0, 0.1) is 0 Å². The minimum absolute atomic E-state index is 0.165. The molecule has 0 spiro atoms. The number of carbonyl (C=O) groups is 3. The average Bonchev–Trinajstić information content (AvgIpc) is 3.30. The largest absolute Gasteiger partial charge is 0.480 e. The Morgan fingerprint density at radius 2 is 1.48 bits per heavy atom. The second-order valence-electron chi connectivity index (χ2n) is 7.48. The number of ether oxygens (including phenoxy) is 2. The smallest absolute Gasteiger partial charge is 0.317 e. The molecule has 0 unspecified atom stereocenters. The van der Waals surface area contributed by atoms with Crippen molar-refractivity contribution in [3.05, 3.63) is 94.5 Å². The lowest BCUT2D eigenvalue weighted by molar-refractivity contribution is -0.136. The first-order valence-electron chi connectivity index (χ1n) is 10.3. The Kier molecular flexibility index (Phi) is 6.66. The van der Waals surface area contributed by atoms with Crippen molar-refractivity contribution in [1.82, 2.24) is 10.6 Å². The number of hydrogen-bond acceptors (Lipinski definition) is 6. The highest BCUT2D eigenvalue weighted by Crippen LogP contribution is 2.32. The maximum absolute atomic E-state index is 13.0. The number of carbonyl (C=O) groups excluding carboxylic acids is 2. The molecule has 0 bridgehead atoms. The molecule has 0 atom stereocenters. The van der Waals surface area contributed by atoms with Gasteiger partial charge in [-0.25, -0.2) is 0 Å². The summed E-state index contributed by atoms with van der Waals surface area (Å²) in [6, 6.07) is 19.0. The van der Waals surface area contributed by atoms with Crippen LogP contribution in [0.15, 0.2) is 66.7 Å². The first-order valence-corrected chi connectivity index (χ1v) is 10.3. The van der Waals surface area contributed by atoms with Crippen molar-refractivity contribution in [2.45, 2.75) is 13.1 Å². The van der Waals surface area contributed by atoms with Crippen LogP contribution in [0.5, 0.6) is 11.5 Å². The van der Waals surface area contributed by atoms with Crippen molar-refractivity contribution in [2.24, 2.45) is 0 Å². The molecule has 3 aromatic carbocycles. The van der Waals surface area contributed by atoms with Crippen LogP contribution < -0.4 is 20.1 Å². The Labute approximate surface area is 190 Å². The highest BCUT2D eigenvalue weighted by Gasteiger charge is 2.15. The normalized spacial score (nSPS) is 11.8. The number of nitrogens with one attached hydrogen (secondary N) is 2. The Balaban J connectivity index is 1.41. The van der Waals surface area contributed by atoms with Gasteiger partial charge in [0, 0.05) is 29.8 Å². The van der Waals surface area contributed by atoms with Gasteiger partial charge in [-0.3, -0.25) is 14.4 Å². The molecule has 0 saturated carbocycles. The number of ketones is 1. The van der Waals surface area contributed by atoms with Crippen LogP contribution in [0.3, 0.4) is 0 Å². The summed E-state index contributed by atoms with van der Waals surface area (Å²) in [7, 11) is 0. The number of carboxylic acid groups (broad SMARTS) is 1. The van der Waals surface area contributed by atoms with E-state index in [2.05, 4.69) is 10.6 Å². The topological polar surface area (TPSA) is 114 Å². The predicted octanol–water partition coefficient (Wildman–Crippen LogP) is 2.75. The SMILES string of the molecule is O=C(O)CNCc1cccc(C(=O)c2cccc(C(=O)NCc3ccc4c(c3)OCO4)c2)c1. The second-order valence-corrected chi connectivity index (χ2v) is 7.48. The fourth-order valence-electron chi connectivity index (χ4n) is 3.44. The number of aliphatic carboxylic acids is 1. The number of hydrogen-bond donors (Lipinski definition) is 3. The van der Waals surface area contributed by atoms with E-state index in [1.807, 2.05) is 18.2 Å². The van der Waals surface area contributed by atoms with Gasteiger partial charge in [0.15, 0.2) is 17.3 Å². The second kappa shape index (κ2) is 9.97. The molecule has 168 valence electrons. The minimum Gasteiger partial charge on any atom is -0.480 e. The minimum atomic E-state index is -0.948. The van der Waals surface area contributed by atoms with Crippen molar-refractivity contribution < 1.29 is 29.0 Å². The van der Waals surface area contributed by atoms with Gasteiger partial charge in [0.2, 0.25) is 6.79 Å². The molecule has 0 radical (unpaired) electrons. The lowest BCUT2D eigenvalue weighted by Gasteiger charge is -2.09. The summed E-state index contributed by atoms with van der Waals surface area (Å²) in [5.74, 6) is -0.141. The Morgan fingerprint density at radius 1 is 0.788 bits per heavy atom. The summed E-state index contributed by atoms with van der Waals surface area (Å²) in [6.07, 6.45) is 0. The molecule has 0 aliphatic carbocycles. The molecule has 1 amide bonds. The molecule has 4 rings (SSSR count). The molecule has 8 heteroatoms. The summed E-state index contributed by atoms with van der Waals surface area (Å²) >= 11 is 0. The van der Waals surface area contributed by atoms with Gasteiger partial charge < -0.3 is 25.2 Å². The summed E-state index contributed by atoms with van der Waals surface area (Å²) in [4.78, 5) is 36.3. The number of carboxylic acids is 1. The maximum Gasteiger partial charge on any atom is 0.317 e. The summed E-state index contributed by atoms with van der Waals surface area (Å²) in [5.41, 5.74) is 2.89. The predicted molar refractivity (Wildman–Crippen MR) is 119 cm³/mol. The molecule has 1 heterocycles. The van der Waals surface area contributed by atoms with Crippen LogP contribution in [-0.4, -0.2) is 36.1 Å². The van der Waals surface area contributed by atoms with Gasteiger partial charge in [0.05, 0.1) is 6.54 Å². The molecular formula is C25H22N2O6. The molecular weight excluding hydrogens is 424 g/mol. The van der Waals surface area contributed by atoms with Gasteiger partial charge in [-0.05, 0) is 41.5 Å². The van der Waals surface area contributed by atoms with E-state index >= 15 is 0 Å². The van der Waals surface area contributed by atoms with Gasteiger partial charge in [-0.15, -0.1) is 0 Å². The number of fused-ring (bicyclic) bond motifs is 1. The fraction of sp³-hybridized carbons (Fsp3) is 0.160. The third-order valence-corrected chi connectivity index (χ3v) is 5.07. The van der Waals surface area contributed by atoms with Gasteiger partial charge >= 0.3 is 5.97 Å². The molecule has 3 aromatic rings. The molecule has 0 aromatic heterocycles. The van der Waals surface area contributed by atoms with Crippen molar-refractivity contribution in [3.63, 3.8) is 0 Å². The third-order valence-electron chi connectivity index (χ3n) is 5.07. The van der Waals surface area contributed by atoms with Gasteiger partial charge in [0.25, 0.3) is 5.91 Å². The zero-order valence-corrected chi connectivity index (χ0v) is 17.7. The van der Waals surface area contributed by atoms with E-state index in [0.29, 0.717) is 41.3 Å². The average molecular weight is 446 g/mol. The van der Waals surface area contributed by atoms with Crippen LogP contribution in [0.4, 0.5) is 0 Å². The van der Waals surface area contributed by atoms with Crippen molar-refractivity contribution in [3.8, 4) is 11.5 Å². The quantitative estimate of drug-likeness (QED) is 0.433. The molecule has 3 N–H and O–H groups in total. The summed E-state index contributed by atoms with van der Waals surface area (Å²) in [5, 5.41) is 14.4. The van der Waals surface area contributed by atoms with Crippen LogP contribution >= 0.6 is 0 Å². The fourth-order valence-corrected chi connectivity index (χ4v) is 3.44. The molecule has 0 fully saturated rings. The monoisotopic (exact) mass is 446 g/mol. The van der Waals surface area contributed by atoms with Gasteiger partial charge in [-0.1, -0.05) is 36.4 Å². The zero-order chi connectivity index (χ0) is 23.2. The standard InChI is InChI=1S/C25H22N2O6/c28-23(29)14-26-12-16-3-1-4-18(9-16)24(30)19-5-2-6-20(11-19)25(31)27-13-17-7-8-21-22(10-17)33-15-32-21/h1-11,26H,12-15H2,(H,27,31)(H,28,29). The van der Waals surface area contributed by atoms with Gasteiger partial charge in [-0.2, -0.15) is 0 Å². The van der Waals surface area contributed by atoms with Gasteiger partial charge in [0.1, 0.15) is 0 Å². The van der Waals surface area contributed by atoms with E-state index in [-0.39, 0.29) is 25.0 Å². The molecule has 8 nitrogen and oxygen atoms in total. The Bertz CT molecular complexity index is 1210. The molecule has 1 aliphatic heterocycles. The number of benzene rings is 3. The Morgan fingerprint density at radius 3 is 2.30 bits per heavy atom. The van der Waals surface area contributed by atoms with Crippen LogP contribution in [0.25, 0.3) is 0 Å².